The van der Waals surface area contributed by atoms with Crippen LogP contribution in [0.3, 0.4) is 0 Å². The Hall–Kier alpha value is -1.11. The lowest BCUT2D eigenvalue weighted by Crippen LogP contribution is -2.19. The molecule has 0 saturated heterocycles. The van der Waals surface area contributed by atoms with Crippen molar-refractivity contribution in [3.05, 3.63) is 63.6 Å². The van der Waals surface area contributed by atoms with Gasteiger partial charge in [0.25, 0.3) is 0 Å². The second-order valence-electron chi connectivity index (χ2n) is 4.97. The van der Waals surface area contributed by atoms with Crippen molar-refractivity contribution in [2.24, 2.45) is 5.14 Å². The summed E-state index contributed by atoms with van der Waals surface area (Å²) in [5.74, 6) is 0. The van der Waals surface area contributed by atoms with Gasteiger partial charge in [0.05, 0.1) is 5.02 Å². The van der Waals surface area contributed by atoms with Crippen molar-refractivity contribution in [2.75, 3.05) is 0 Å². The summed E-state index contributed by atoms with van der Waals surface area (Å²) in [6.07, 6.45) is 0. The molecule has 0 aliphatic rings. The van der Waals surface area contributed by atoms with Crippen LogP contribution in [-0.4, -0.2) is 8.42 Å². The van der Waals surface area contributed by atoms with Gasteiger partial charge in [-0.15, -0.1) is 0 Å². The van der Waals surface area contributed by atoms with Crippen molar-refractivity contribution < 1.29 is 8.42 Å². The maximum absolute atomic E-state index is 11.5. The molecule has 0 unspecified atom stereocenters. The lowest BCUT2D eigenvalue weighted by Gasteiger charge is -2.15. The van der Waals surface area contributed by atoms with Crippen LogP contribution in [0.25, 0.3) is 0 Å². The molecule has 3 N–H and O–H groups in total. The van der Waals surface area contributed by atoms with Crippen LogP contribution < -0.4 is 10.5 Å². The van der Waals surface area contributed by atoms with Crippen LogP contribution in [0.1, 0.15) is 24.1 Å². The van der Waals surface area contributed by atoms with E-state index in [9.17, 15) is 8.42 Å². The number of hydrogen-bond donors (Lipinski definition) is 2. The molecule has 2 aromatic rings. The van der Waals surface area contributed by atoms with Crippen LogP contribution in [0, 0.1) is 0 Å². The lowest BCUT2D eigenvalue weighted by atomic mass is 10.1. The Morgan fingerprint density at radius 2 is 1.91 bits per heavy atom. The Morgan fingerprint density at radius 3 is 2.55 bits per heavy atom. The third-order valence-electron chi connectivity index (χ3n) is 3.26. The van der Waals surface area contributed by atoms with Crippen LogP contribution in [-0.2, 0) is 16.6 Å². The van der Waals surface area contributed by atoms with Gasteiger partial charge in [0.1, 0.15) is 4.90 Å². The molecule has 0 spiro atoms. The summed E-state index contributed by atoms with van der Waals surface area (Å²) in [7, 11) is -3.83. The van der Waals surface area contributed by atoms with Gasteiger partial charge >= 0.3 is 0 Å². The molecule has 7 heteroatoms. The fraction of sp³-hybridized carbons (Fsp3) is 0.200. The molecule has 1 atom stereocenters. The van der Waals surface area contributed by atoms with E-state index in [2.05, 4.69) is 5.32 Å². The summed E-state index contributed by atoms with van der Waals surface area (Å²) in [5.41, 5.74) is 1.83. The number of halogens is 2. The summed E-state index contributed by atoms with van der Waals surface area (Å²) < 4.78 is 22.9. The third kappa shape index (κ3) is 4.44. The van der Waals surface area contributed by atoms with Gasteiger partial charge in [-0.25, -0.2) is 13.6 Å². The minimum absolute atomic E-state index is 0.0623. The number of nitrogens with one attached hydrogen (secondary N) is 1. The highest BCUT2D eigenvalue weighted by molar-refractivity contribution is 7.89. The lowest BCUT2D eigenvalue weighted by molar-refractivity contribution is 0.573. The van der Waals surface area contributed by atoms with Crippen LogP contribution in [0.15, 0.2) is 47.4 Å². The van der Waals surface area contributed by atoms with E-state index in [1.54, 1.807) is 6.07 Å². The smallest absolute Gasteiger partial charge is 0.239 e. The first-order valence-corrected chi connectivity index (χ1v) is 8.87. The van der Waals surface area contributed by atoms with Gasteiger partial charge < -0.3 is 5.32 Å². The summed E-state index contributed by atoms with van der Waals surface area (Å²) in [6, 6.07) is 12.4. The zero-order valence-electron chi connectivity index (χ0n) is 11.9. The van der Waals surface area contributed by atoms with Crippen LogP contribution >= 0.6 is 23.2 Å². The highest BCUT2D eigenvalue weighted by Gasteiger charge is 2.14. The number of benzene rings is 2. The summed E-state index contributed by atoms with van der Waals surface area (Å²) in [4.78, 5) is -0.0659. The average Bonchev–Trinajstić information content (AvgIpc) is 2.45. The maximum atomic E-state index is 11.5. The first kappa shape index (κ1) is 17.2. The van der Waals surface area contributed by atoms with Crippen LogP contribution in [0.2, 0.25) is 10.0 Å². The molecule has 2 aromatic carbocycles. The Labute approximate surface area is 140 Å². The molecule has 0 bridgehead atoms. The number of rotatable bonds is 5. The number of sulfonamides is 1. The molecule has 0 radical (unpaired) electrons. The summed E-state index contributed by atoms with van der Waals surface area (Å²) >= 11 is 11.8. The molecular formula is C15H16Cl2N2O2S. The first-order chi connectivity index (χ1) is 10.3. The number of primary sulfonamides is 1. The Bertz CT molecular complexity index is 779. The maximum Gasteiger partial charge on any atom is 0.239 e. The molecule has 0 fully saturated rings. The first-order valence-electron chi connectivity index (χ1n) is 6.57. The molecule has 0 amide bonds. The van der Waals surface area contributed by atoms with Gasteiger partial charge in [-0.2, -0.15) is 0 Å². The number of nitrogens with two attached hydrogens (primary N) is 1. The molecular weight excluding hydrogens is 343 g/mol. The van der Waals surface area contributed by atoms with Gasteiger partial charge in [-0.05, 0) is 42.3 Å². The van der Waals surface area contributed by atoms with E-state index in [1.807, 2.05) is 31.2 Å². The average molecular weight is 359 g/mol. The highest BCUT2D eigenvalue weighted by Crippen LogP contribution is 2.22. The van der Waals surface area contributed by atoms with Gasteiger partial charge in [-0.1, -0.05) is 41.4 Å². The SMILES string of the molecule is C[C@@H](NCc1ccc(Cl)c(S(N)(=O)=O)c1)c1cccc(Cl)c1. The normalized spacial score (nSPS) is 13.1. The molecule has 0 aliphatic carbocycles. The molecule has 0 aromatic heterocycles. The number of hydrogen-bond acceptors (Lipinski definition) is 3. The van der Waals surface area contributed by atoms with E-state index in [-0.39, 0.29) is 16.0 Å². The topological polar surface area (TPSA) is 72.2 Å². The minimum atomic E-state index is -3.83. The summed E-state index contributed by atoms with van der Waals surface area (Å²) in [5, 5.41) is 9.24. The zero-order chi connectivity index (χ0) is 16.3. The summed E-state index contributed by atoms with van der Waals surface area (Å²) in [6.45, 7) is 2.48. The molecule has 4 nitrogen and oxygen atoms in total. The molecule has 0 heterocycles. The Balaban J connectivity index is 2.12. The van der Waals surface area contributed by atoms with E-state index >= 15 is 0 Å². The molecule has 2 rings (SSSR count). The monoisotopic (exact) mass is 358 g/mol. The van der Waals surface area contributed by atoms with Crippen molar-refractivity contribution >= 4 is 33.2 Å². The van der Waals surface area contributed by atoms with Crippen LogP contribution in [0.5, 0.6) is 0 Å². The predicted octanol–water partition coefficient (Wildman–Crippen LogP) is 3.49. The van der Waals surface area contributed by atoms with Crippen molar-refractivity contribution in [2.45, 2.75) is 24.4 Å². The minimum Gasteiger partial charge on any atom is -0.306 e. The van der Waals surface area contributed by atoms with E-state index < -0.39 is 10.0 Å². The van der Waals surface area contributed by atoms with E-state index in [4.69, 9.17) is 28.3 Å². The molecule has 0 saturated carbocycles. The Kier molecular flexibility index (Phi) is 5.47. The third-order valence-corrected chi connectivity index (χ3v) is 4.89. The second kappa shape index (κ2) is 6.98. The molecule has 22 heavy (non-hydrogen) atoms. The standard InChI is InChI=1S/C15H16Cl2N2O2S/c1-10(12-3-2-4-13(16)8-12)19-9-11-5-6-14(17)15(7-11)22(18,20)21/h2-8,10,19H,9H2,1H3,(H2,18,20,21)/t10-/m1/s1. The van der Waals surface area contributed by atoms with Crippen molar-refractivity contribution in [1.29, 1.82) is 0 Å². The highest BCUT2D eigenvalue weighted by atomic mass is 35.5. The van der Waals surface area contributed by atoms with Gasteiger partial charge in [0.15, 0.2) is 0 Å². The van der Waals surface area contributed by atoms with Crippen molar-refractivity contribution in [1.82, 2.24) is 5.32 Å². The molecule has 118 valence electrons. The Morgan fingerprint density at radius 1 is 1.18 bits per heavy atom. The fourth-order valence-electron chi connectivity index (χ4n) is 2.04. The second-order valence-corrected chi connectivity index (χ2v) is 7.34. The largest absolute Gasteiger partial charge is 0.306 e. The van der Waals surface area contributed by atoms with Crippen molar-refractivity contribution in [3.8, 4) is 0 Å². The zero-order valence-corrected chi connectivity index (χ0v) is 14.2. The predicted molar refractivity (Wildman–Crippen MR) is 89.5 cm³/mol. The quantitative estimate of drug-likeness (QED) is 0.858. The van der Waals surface area contributed by atoms with Gasteiger partial charge in [-0.3, -0.25) is 0 Å². The van der Waals surface area contributed by atoms with E-state index in [1.165, 1.54) is 12.1 Å². The van der Waals surface area contributed by atoms with Crippen LogP contribution in [0.4, 0.5) is 0 Å². The molecule has 0 aliphatic heterocycles. The van der Waals surface area contributed by atoms with E-state index in [0.29, 0.717) is 11.6 Å². The van der Waals surface area contributed by atoms with E-state index in [0.717, 1.165) is 11.1 Å². The van der Waals surface area contributed by atoms with Gasteiger partial charge in [0.2, 0.25) is 10.0 Å². The fourth-order valence-corrected chi connectivity index (χ4v) is 3.33. The van der Waals surface area contributed by atoms with Gasteiger partial charge in [0, 0.05) is 17.6 Å². The van der Waals surface area contributed by atoms with Crippen molar-refractivity contribution in [3.63, 3.8) is 0 Å².